The molecule has 0 saturated heterocycles. The fourth-order valence-electron chi connectivity index (χ4n) is 2.63. The molecule has 6 nitrogen and oxygen atoms in total. The molecule has 0 bridgehead atoms. The second-order valence-corrected chi connectivity index (χ2v) is 7.63. The summed E-state index contributed by atoms with van der Waals surface area (Å²) in [6.07, 6.45) is 0. The van der Waals surface area contributed by atoms with E-state index in [1.54, 1.807) is 43.5 Å². The Morgan fingerprint density at radius 2 is 2.04 bits per heavy atom. The van der Waals surface area contributed by atoms with Crippen molar-refractivity contribution in [2.75, 3.05) is 12.4 Å². The molecule has 0 fully saturated rings. The summed E-state index contributed by atoms with van der Waals surface area (Å²) < 4.78 is 32.8. The van der Waals surface area contributed by atoms with Crippen LogP contribution in [-0.2, 0) is 14.3 Å². The minimum Gasteiger partial charge on any atom is -0.465 e. The van der Waals surface area contributed by atoms with Gasteiger partial charge in [-0.1, -0.05) is 23.9 Å². The number of rotatable bonds is 8. The summed E-state index contributed by atoms with van der Waals surface area (Å²) in [5, 5.41) is 2.09. The third-order valence-corrected chi connectivity index (χ3v) is 5.83. The van der Waals surface area contributed by atoms with Crippen LogP contribution in [0.4, 0.5) is 8.78 Å². The first-order valence-corrected chi connectivity index (χ1v) is 10.3. The molecule has 0 aliphatic rings. The Labute approximate surface area is 167 Å². The van der Waals surface area contributed by atoms with E-state index in [4.69, 9.17) is 4.74 Å². The van der Waals surface area contributed by atoms with E-state index >= 15 is 0 Å². The van der Waals surface area contributed by atoms with E-state index < -0.39 is 24.2 Å². The number of aryl methyl sites for hydroxylation is 1. The Hall–Kier alpha value is -2.33. The molecule has 0 radical (unpaired) electrons. The molecule has 0 N–H and O–H groups in total. The van der Waals surface area contributed by atoms with Crippen molar-refractivity contribution in [3.05, 3.63) is 40.3 Å². The minimum absolute atomic E-state index is 0.0162. The number of para-hydroxylation sites is 2. The van der Waals surface area contributed by atoms with Crippen LogP contribution in [0.5, 0.6) is 0 Å². The number of ketones is 1. The molecule has 0 amide bonds. The summed E-state index contributed by atoms with van der Waals surface area (Å²) >= 11 is 2.06. The Morgan fingerprint density at radius 1 is 1.29 bits per heavy atom. The predicted molar refractivity (Wildman–Crippen MR) is 103 cm³/mol. The van der Waals surface area contributed by atoms with Crippen molar-refractivity contribution in [2.24, 2.45) is 0 Å². The summed E-state index contributed by atoms with van der Waals surface area (Å²) in [5.74, 6) is -2.54. The highest BCUT2D eigenvalue weighted by atomic mass is 32.2. The molecule has 1 aromatic carbocycles. The molecule has 0 aliphatic heterocycles. The van der Waals surface area contributed by atoms with Gasteiger partial charge in [0.15, 0.2) is 16.9 Å². The van der Waals surface area contributed by atoms with Gasteiger partial charge in [-0.2, -0.15) is 8.78 Å². The average Bonchev–Trinajstić information content (AvgIpc) is 3.23. The summed E-state index contributed by atoms with van der Waals surface area (Å²) in [4.78, 5) is 33.5. The van der Waals surface area contributed by atoms with Gasteiger partial charge in [-0.15, -0.1) is 11.3 Å². The van der Waals surface area contributed by atoms with Gasteiger partial charge in [0.1, 0.15) is 5.01 Å². The Morgan fingerprint density at radius 3 is 2.68 bits per heavy atom. The second-order valence-electron chi connectivity index (χ2n) is 5.80. The topological polar surface area (TPSA) is 74.1 Å². The molecule has 148 valence electrons. The first kappa shape index (κ1) is 20.4. The van der Waals surface area contributed by atoms with Gasteiger partial charge in [-0.05, 0) is 26.0 Å². The summed E-state index contributed by atoms with van der Waals surface area (Å²) in [6.45, 7) is 0.729. The lowest BCUT2D eigenvalue weighted by molar-refractivity contribution is -0.147. The monoisotopic (exact) mass is 425 g/mol. The number of fused-ring (bicyclic) bond motifs is 1. The maximum absolute atomic E-state index is 13.5. The van der Waals surface area contributed by atoms with Crippen LogP contribution in [-0.4, -0.2) is 38.6 Å². The average molecular weight is 425 g/mol. The molecular weight excluding hydrogens is 408 g/mol. The zero-order valence-electron chi connectivity index (χ0n) is 15.1. The third-order valence-electron chi connectivity index (χ3n) is 3.83. The lowest BCUT2D eigenvalue weighted by Gasteiger charge is -2.12. The Kier molecular flexibility index (Phi) is 6.40. The maximum atomic E-state index is 13.5. The zero-order chi connectivity index (χ0) is 20.3. The number of halogens is 2. The van der Waals surface area contributed by atoms with Crippen molar-refractivity contribution in [3.8, 4) is 0 Å². The molecule has 0 saturated carbocycles. The Balaban J connectivity index is 1.84. The summed E-state index contributed by atoms with van der Waals surface area (Å²) in [5.41, 5.74) is 1.38. The molecule has 0 unspecified atom stereocenters. The van der Waals surface area contributed by atoms with Crippen molar-refractivity contribution >= 4 is 45.9 Å². The number of carbonyl (C=O) groups is 2. The minimum atomic E-state index is -2.80. The van der Waals surface area contributed by atoms with Crippen LogP contribution in [0.1, 0.15) is 30.1 Å². The van der Waals surface area contributed by atoms with Crippen LogP contribution in [0.2, 0.25) is 0 Å². The molecule has 0 aliphatic carbocycles. The number of aromatic nitrogens is 3. The summed E-state index contributed by atoms with van der Waals surface area (Å²) in [7, 11) is 0. The van der Waals surface area contributed by atoms with Gasteiger partial charge in [0.25, 0.3) is 0 Å². The molecule has 3 aromatic rings. The van der Waals surface area contributed by atoms with Crippen molar-refractivity contribution in [3.63, 3.8) is 0 Å². The van der Waals surface area contributed by atoms with Gasteiger partial charge in [-0.3, -0.25) is 14.2 Å². The van der Waals surface area contributed by atoms with Gasteiger partial charge >= 0.3 is 12.5 Å². The molecule has 1 atom stereocenters. The highest BCUT2D eigenvalue weighted by Crippen LogP contribution is 2.31. The van der Waals surface area contributed by atoms with Crippen molar-refractivity contribution in [1.82, 2.24) is 14.5 Å². The number of ether oxygens (including phenoxy) is 1. The molecule has 10 heteroatoms. The standard InChI is InChI=1S/C18H17F2N3O3S2/c1-3-26-16(25)14(15-21-10(2)8-27-15)13(24)9-28-18-22-11-6-4-5-7-12(11)23(18)17(19)20/h4-8,14,17H,3,9H2,1-2H3/t14-/m0/s1. The summed E-state index contributed by atoms with van der Waals surface area (Å²) in [6, 6.07) is 6.51. The predicted octanol–water partition coefficient (Wildman–Crippen LogP) is 4.20. The zero-order valence-corrected chi connectivity index (χ0v) is 16.7. The number of imidazole rings is 1. The van der Waals surface area contributed by atoms with E-state index in [2.05, 4.69) is 9.97 Å². The van der Waals surface area contributed by atoms with Crippen LogP contribution in [0.25, 0.3) is 11.0 Å². The first-order chi connectivity index (χ1) is 13.4. The van der Waals surface area contributed by atoms with Crippen LogP contribution in [0.3, 0.4) is 0 Å². The first-order valence-electron chi connectivity index (χ1n) is 8.41. The number of alkyl halides is 2. The normalized spacial score (nSPS) is 12.5. The highest BCUT2D eigenvalue weighted by Gasteiger charge is 2.33. The van der Waals surface area contributed by atoms with Gasteiger partial charge < -0.3 is 4.74 Å². The van der Waals surface area contributed by atoms with E-state index in [1.807, 2.05) is 0 Å². The maximum Gasteiger partial charge on any atom is 0.323 e. The number of esters is 1. The van der Waals surface area contributed by atoms with Gasteiger partial charge in [0, 0.05) is 11.1 Å². The van der Waals surface area contributed by atoms with Gasteiger partial charge in [0.2, 0.25) is 0 Å². The molecule has 3 rings (SSSR count). The number of hydrogen-bond donors (Lipinski definition) is 0. The SMILES string of the molecule is CCOC(=O)[C@@H](C(=O)CSc1nc2ccccc2n1C(F)F)c1nc(C)cs1. The highest BCUT2D eigenvalue weighted by molar-refractivity contribution is 7.99. The lowest BCUT2D eigenvalue weighted by atomic mass is 10.1. The number of nitrogens with zero attached hydrogens (tertiary/aromatic N) is 3. The number of thiazole rings is 1. The van der Waals surface area contributed by atoms with E-state index in [0.29, 0.717) is 16.2 Å². The second kappa shape index (κ2) is 8.78. The fourth-order valence-corrected chi connectivity index (χ4v) is 4.45. The van der Waals surface area contributed by atoms with E-state index in [-0.39, 0.29) is 23.0 Å². The van der Waals surface area contributed by atoms with Crippen molar-refractivity contribution in [1.29, 1.82) is 0 Å². The quantitative estimate of drug-likeness (QED) is 0.306. The van der Waals surface area contributed by atoms with Gasteiger partial charge in [0.05, 0.1) is 23.4 Å². The molecule has 28 heavy (non-hydrogen) atoms. The third kappa shape index (κ3) is 4.22. The Bertz CT molecular complexity index is 1000. The largest absolute Gasteiger partial charge is 0.465 e. The van der Waals surface area contributed by atoms with Crippen LogP contribution in [0.15, 0.2) is 34.8 Å². The van der Waals surface area contributed by atoms with E-state index in [0.717, 1.165) is 16.3 Å². The van der Waals surface area contributed by atoms with Crippen LogP contribution in [0, 0.1) is 6.92 Å². The molecule has 0 spiro atoms. The number of Topliss-reactive ketones (excluding diaryl/α,β-unsaturated/α-hetero) is 1. The smallest absolute Gasteiger partial charge is 0.323 e. The molecule has 2 heterocycles. The van der Waals surface area contributed by atoms with Crippen LogP contribution >= 0.6 is 23.1 Å². The van der Waals surface area contributed by atoms with Crippen LogP contribution < -0.4 is 0 Å². The van der Waals surface area contributed by atoms with E-state index in [1.165, 1.54) is 11.3 Å². The molecule has 2 aromatic heterocycles. The fraction of sp³-hybridized carbons (Fsp3) is 0.333. The van der Waals surface area contributed by atoms with Crippen molar-refractivity contribution < 1.29 is 23.1 Å². The molecular formula is C18H17F2N3O3S2. The number of carbonyl (C=O) groups excluding carboxylic acids is 2. The number of thioether (sulfide) groups is 1. The van der Waals surface area contributed by atoms with Gasteiger partial charge in [-0.25, -0.2) is 9.97 Å². The number of hydrogen-bond acceptors (Lipinski definition) is 7. The lowest BCUT2D eigenvalue weighted by Crippen LogP contribution is -2.25. The van der Waals surface area contributed by atoms with E-state index in [9.17, 15) is 18.4 Å². The van der Waals surface area contributed by atoms with Crippen molar-refractivity contribution in [2.45, 2.75) is 31.5 Å². The number of benzene rings is 1.